The molecule has 0 fully saturated rings. The predicted octanol–water partition coefficient (Wildman–Crippen LogP) is 1.02. The number of carbonyl (C=O) groups is 1. The van der Waals surface area contributed by atoms with Gasteiger partial charge in [0.2, 0.25) is 0 Å². The Morgan fingerprint density at radius 2 is 2.11 bits per heavy atom. The number of amides is 1. The van der Waals surface area contributed by atoms with Crippen molar-refractivity contribution in [3.05, 3.63) is 18.0 Å². The fraction of sp³-hybridized carbons (Fsp3) is 0.615. The zero-order chi connectivity index (χ0) is 13.9. The standard InChI is InChI=1S/C13H24N4O/c1-6-17(10(2)8-15(3)4)13(18)12-7-11(14)9-16(12)5/h7,9-10H,6,8,14H2,1-5H3. The fourth-order valence-electron chi connectivity index (χ4n) is 2.23. The Labute approximate surface area is 109 Å². The van der Waals surface area contributed by atoms with Gasteiger partial charge in [-0.3, -0.25) is 4.79 Å². The molecule has 2 N–H and O–H groups in total. The van der Waals surface area contributed by atoms with Gasteiger partial charge in [0, 0.05) is 32.4 Å². The molecule has 102 valence electrons. The van der Waals surface area contributed by atoms with E-state index in [0.29, 0.717) is 17.9 Å². The Kier molecular flexibility index (Phi) is 4.78. The van der Waals surface area contributed by atoms with Crippen LogP contribution >= 0.6 is 0 Å². The quantitative estimate of drug-likeness (QED) is 0.851. The summed E-state index contributed by atoms with van der Waals surface area (Å²) in [4.78, 5) is 16.4. The number of nitrogens with two attached hydrogens (primary N) is 1. The van der Waals surface area contributed by atoms with Crippen molar-refractivity contribution in [3.8, 4) is 0 Å². The molecule has 18 heavy (non-hydrogen) atoms. The smallest absolute Gasteiger partial charge is 0.270 e. The second-order valence-corrected chi connectivity index (χ2v) is 4.97. The minimum Gasteiger partial charge on any atom is -0.397 e. The van der Waals surface area contributed by atoms with Crippen molar-refractivity contribution in [1.82, 2.24) is 14.4 Å². The number of aromatic nitrogens is 1. The molecule has 1 atom stereocenters. The van der Waals surface area contributed by atoms with Crippen molar-refractivity contribution >= 4 is 11.6 Å². The molecule has 0 aliphatic carbocycles. The Hall–Kier alpha value is -1.49. The molecule has 1 heterocycles. The summed E-state index contributed by atoms with van der Waals surface area (Å²) in [6.45, 7) is 5.60. The molecule has 0 radical (unpaired) electrons. The molecule has 0 aliphatic heterocycles. The summed E-state index contributed by atoms with van der Waals surface area (Å²) in [5, 5.41) is 0. The summed E-state index contributed by atoms with van der Waals surface area (Å²) < 4.78 is 1.78. The van der Waals surface area contributed by atoms with Crippen LogP contribution in [-0.2, 0) is 7.05 Å². The lowest BCUT2D eigenvalue weighted by Gasteiger charge is -2.30. The molecule has 0 bridgehead atoms. The summed E-state index contributed by atoms with van der Waals surface area (Å²) in [5.41, 5.74) is 6.98. The van der Waals surface area contributed by atoms with E-state index in [0.717, 1.165) is 6.54 Å². The van der Waals surface area contributed by atoms with Gasteiger partial charge in [-0.05, 0) is 34.0 Å². The largest absolute Gasteiger partial charge is 0.397 e. The van der Waals surface area contributed by atoms with Crippen LogP contribution in [0.2, 0.25) is 0 Å². The molecule has 1 aromatic rings. The van der Waals surface area contributed by atoms with Crippen molar-refractivity contribution < 1.29 is 4.79 Å². The highest BCUT2D eigenvalue weighted by atomic mass is 16.2. The molecule has 0 aromatic carbocycles. The van der Waals surface area contributed by atoms with Crippen LogP contribution in [0.4, 0.5) is 5.69 Å². The van der Waals surface area contributed by atoms with Gasteiger partial charge in [-0.25, -0.2) is 0 Å². The first-order valence-electron chi connectivity index (χ1n) is 6.24. The average Bonchev–Trinajstić information content (AvgIpc) is 2.57. The van der Waals surface area contributed by atoms with E-state index in [4.69, 9.17) is 5.73 Å². The Morgan fingerprint density at radius 1 is 1.50 bits per heavy atom. The number of hydrogen-bond donors (Lipinski definition) is 1. The third kappa shape index (κ3) is 3.26. The van der Waals surface area contributed by atoms with Gasteiger partial charge in [0.25, 0.3) is 5.91 Å². The van der Waals surface area contributed by atoms with Gasteiger partial charge >= 0.3 is 0 Å². The van der Waals surface area contributed by atoms with E-state index in [9.17, 15) is 4.79 Å². The number of aryl methyl sites for hydroxylation is 1. The predicted molar refractivity (Wildman–Crippen MR) is 74.6 cm³/mol. The number of hydrogen-bond acceptors (Lipinski definition) is 3. The minimum absolute atomic E-state index is 0.0334. The number of anilines is 1. The summed E-state index contributed by atoms with van der Waals surface area (Å²) in [7, 11) is 5.86. The molecule has 0 spiro atoms. The van der Waals surface area contributed by atoms with Gasteiger partial charge in [-0.1, -0.05) is 0 Å². The van der Waals surface area contributed by atoms with Crippen LogP contribution in [0.15, 0.2) is 12.3 Å². The molecule has 1 amide bonds. The minimum atomic E-state index is 0.0334. The first-order chi connectivity index (χ1) is 8.36. The SMILES string of the molecule is CCN(C(=O)c1cc(N)cn1C)C(C)CN(C)C. The van der Waals surface area contributed by atoms with Gasteiger partial charge in [-0.2, -0.15) is 0 Å². The molecular formula is C13H24N4O. The fourth-order valence-corrected chi connectivity index (χ4v) is 2.23. The highest BCUT2D eigenvalue weighted by Crippen LogP contribution is 2.13. The molecular weight excluding hydrogens is 228 g/mol. The molecule has 1 aromatic heterocycles. The summed E-state index contributed by atoms with van der Waals surface area (Å²) in [5.74, 6) is 0.0334. The van der Waals surface area contributed by atoms with Gasteiger partial charge in [0.1, 0.15) is 5.69 Å². The van der Waals surface area contributed by atoms with E-state index in [1.54, 1.807) is 16.8 Å². The summed E-state index contributed by atoms with van der Waals surface area (Å²) in [6.07, 6.45) is 1.76. The normalized spacial score (nSPS) is 12.8. The van der Waals surface area contributed by atoms with E-state index in [2.05, 4.69) is 11.8 Å². The van der Waals surface area contributed by atoms with Crippen molar-refractivity contribution in [2.24, 2.45) is 7.05 Å². The zero-order valence-electron chi connectivity index (χ0n) is 12.0. The molecule has 5 nitrogen and oxygen atoms in total. The first-order valence-corrected chi connectivity index (χ1v) is 6.24. The van der Waals surface area contributed by atoms with E-state index in [1.165, 1.54) is 0 Å². The van der Waals surface area contributed by atoms with Crippen LogP contribution in [0.1, 0.15) is 24.3 Å². The maximum Gasteiger partial charge on any atom is 0.270 e. The summed E-state index contributed by atoms with van der Waals surface area (Å²) in [6, 6.07) is 1.90. The monoisotopic (exact) mass is 252 g/mol. The van der Waals surface area contributed by atoms with Crippen LogP contribution in [0, 0.1) is 0 Å². The number of nitrogen functional groups attached to an aromatic ring is 1. The van der Waals surface area contributed by atoms with Crippen LogP contribution in [0.3, 0.4) is 0 Å². The van der Waals surface area contributed by atoms with Gasteiger partial charge in [0.05, 0.1) is 5.69 Å². The van der Waals surface area contributed by atoms with E-state index < -0.39 is 0 Å². The number of rotatable bonds is 5. The van der Waals surface area contributed by atoms with Gasteiger partial charge in [-0.15, -0.1) is 0 Å². The van der Waals surface area contributed by atoms with Crippen LogP contribution in [0.5, 0.6) is 0 Å². The molecule has 1 unspecified atom stereocenters. The number of likely N-dealkylation sites (N-methyl/N-ethyl adjacent to an activating group) is 2. The van der Waals surface area contributed by atoms with E-state index >= 15 is 0 Å². The lowest BCUT2D eigenvalue weighted by molar-refractivity contribution is 0.0669. The van der Waals surface area contributed by atoms with E-state index in [1.807, 2.05) is 33.0 Å². The van der Waals surface area contributed by atoms with Crippen molar-refractivity contribution in [2.75, 3.05) is 32.9 Å². The Balaban J connectivity index is 2.88. The topological polar surface area (TPSA) is 54.5 Å². The van der Waals surface area contributed by atoms with Crippen LogP contribution in [0.25, 0.3) is 0 Å². The molecule has 0 saturated heterocycles. The third-order valence-corrected chi connectivity index (χ3v) is 3.01. The highest BCUT2D eigenvalue weighted by Gasteiger charge is 2.22. The molecule has 1 rings (SSSR count). The second kappa shape index (κ2) is 5.91. The third-order valence-electron chi connectivity index (χ3n) is 3.01. The maximum absolute atomic E-state index is 12.5. The van der Waals surface area contributed by atoms with Crippen molar-refractivity contribution in [3.63, 3.8) is 0 Å². The van der Waals surface area contributed by atoms with Gasteiger partial charge in [0.15, 0.2) is 0 Å². The van der Waals surface area contributed by atoms with Gasteiger partial charge < -0.3 is 20.1 Å². The highest BCUT2D eigenvalue weighted by molar-refractivity contribution is 5.94. The second-order valence-electron chi connectivity index (χ2n) is 4.97. The summed E-state index contributed by atoms with van der Waals surface area (Å²) >= 11 is 0. The Morgan fingerprint density at radius 3 is 2.50 bits per heavy atom. The Bertz CT molecular complexity index is 411. The lowest BCUT2D eigenvalue weighted by atomic mass is 10.2. The molecule has 0 aliphatic rings. The molecule has 0 saturated carbocycles. The molecule has 5 heteroatoms. The number of carbonyl (C=O) groups excluding carboxylic acids is 1. The number of nitrogens with zero attached hydrogens (tertiary/aromatic N) is 3. The first kappa shape index (κ1) is 14.6. The zero-order valence-corrected chi connectivity index (χ0v) is 12.0. The lowest BCUT2D eigenvalue weighted by Crippen LogP contribution is -2.44. The van der Waals surface area contributed by atoms with Crippen LogP contribution in [-0.4, -0.2) is 53.5 Å². The van der Waals surface area contributed by atoms with Crippen molar-refractivity contribution in [2.45, 2.75) is 19.9 Å². The van der Waals surface area contributed by atoms with Crippen molar-refractivity contribution in [1.29, 1.82) is 0 Å². The van der Waals surface area contributed by atoms with Crippen LogP contribution < -0.4 is 5.73 Å². The van der Waals surface area contributed by atoms with E-state index in [-0.39, 0.29) is 11.9 Å². The average molecular weight is 252 g/mol. The maximum atomic E-state index is 12.5.